The third-order valence-electron chi connectivity index (χ3n) is 9.03. The highest BCUT2D eigenvalue weighted by atomic mass is 16.6. The van der Waals surface area contributed by atoms with E-state index in [1.807, 2.05) is 0 Å². The van der Waals surface area contributed by atoms with Crippen LogP contribution in [0.3, 0.4) is 0 Å². The zero-order valence-electron chi connectivity index (χ0n) is 33.4. The summed E-state index contributed by atoms with van der Waals surface area (Å²) in [6.07, 6.45) is 54.3. The summed E-state index contributed by atoms with van der Waals surface area (Å²) in [7, 11) is 0. The highest BCUT2D eigenvalue weighted by molar-refractivity contribution is 5.70. The molecule has 0 fully saturated rings. The predicted molar refractivity (Wildman–Crippen MR) is 219 cm³/mol. The molecule has 51 heavy (non-hydrogen) atoms. The van der Waals surface area contributed by atoms with Crippen molar-refractivity contribution in [1.82, 2.24) is 0 Å². The highest BCUT2D eigenvalue weighted by Crippen LogP contribution is 2.13. The molecule has 0 aliphatic heterocycles. The first-order valence-electron chi connectivity index (χ1n) is 21.3. The van der Waals surface area contributed by atoms with Crippen LogP contribution in [0.1, 0.15) is 200 Å². The fourth-order valence-electron chi connectivity index (χ4n) is 5.75. The molecule has 5 nitrogen and oxygen atoms in total. The van der Waals surface area contributed by atoms with Crippen LogP contribution >= 0.6 is 0 Å². The Labute approximate surface area is 315 Å². The molecule has 0 saturated carbocycles. The van der Waals surface area contributed by atoms with Crippen LogP contribution in [0.4, 0.5) is 0 Å². The van der Waals surface area contributed by atoms with Crippen LogP contribution in [0.25, 0.3) is 0 Å². The summed E-state index contributed by atoms with van der Waals surface area (Å²) < 4.78 is 10.6. The molecule has 1 atom stereocenters. The zero-order valence-corrected chi connectivity index (χ0v) is 33.4. The second-order valence-corrected chi connectivity index (χ2v) is 14.1. The number of rotatable bonds is 38. The van der Waals surface area contributed by atoms with E-state index in [9.17, 15) is 14.7 Å². The molecule has 1 N–H and O–H groups in total. The van der Waals surface area contributed by atoms with E-state index in [0.29, 0.717) is 12.8 Å². The van der Waals surface area contributed by atoms with E-state index in [1.165, 1.54) is 109 Å². The SMILES string of the molecule is CCCC/C=C\C/C=C\CCCCCCCC(=O)OCC(CO)OC(=O)CCCCCCCCCC/C=C\C/C=C\C/C=C\CCCCCCC. The maximum atomic E-state index is 12.2. The molecule has 0 rings (SSSR count). The fraction of sp³-hybridized carbons (Fsp3) is 0.739. The Hall–Kier alpha value is -2.40. The lowest BCUT2D eigenvalue weighted by Crippen LogP contribution is -2.28. The number of aliphatic hydroxyl groups is 1. The number of allylic oxidation sites excluding steroid dienone is 10. The van der Waals surface area contributed by atoms with Crippen LogP contribution in [0.15, 0.2) is 60.8 Å². The van der Waals surface area contributed by atoms with Crippen molar-refractivity contribution in [1.29, 1.82) is 0 Å². The predicted octanol–water partition coefficient (Wildman–Crippen LogP) is 13.6. The van der Waals surface area contributed by atoms with Gasteiger partial charge in [0.05, 0.1) is 6.61 Å². The summed E-state index contributed by atoms with van der Waals surface area (Å²) >= 11 is 0. The number of unbranched alkanes of at least 4 members (excludes halogenated alkanes) is 20. The van der Waals surface area contributed by atoms with Crippen molar-refractivity contribution in [2.45, 2.75) is 206 Å². The van der Waals surface area contributed by atoms with E-state index in [4.69, 9.17) is 9.47 Å². The summed E-state index contributed by atoms with van der Waals surface area (Å²) in [6.45, 7) is 4.06. The summed E-state index contributed by atoms with van der Waals surface area (Å²) in [5, 5.41) is 9.57. The summed E-state index contributed by atoms with van der Waals surface area (Å²) in [6, 6.07) is 0. The number of carbonyl (C=O) groups is 2. The third-order valence-corrected chi connectivity index (χ3v) is 9.03. The van der Waals surface area contributed by atoms with Crippen LogP contribution in [0, 0.1) is 0 Å². The molecule has 0 aromatic heterocycles. The molecule has 0 heterocycles. The molecule has 1 unspecified atom stereocenters. The summed E-state index contributed by atoms with van der Waals surface area (Å²) in [4.78, 5) is 24.3. The first-order valence-corrected chi connectivity index (χ1v) is 21.3. The van der Waals surface area contributed by atoms with Crippen molar-refractivity contribution in [3.05, 3.63) is 60.8 Å². The van der Waals surface area contributed by atoms with Crippen molar-refractivity contribution in [2.75, 3.05) is 13.2 Å². The van der Waals surface area contributed by atoms with Gasteiger partial charge in [0.25, 0.3) is 0 Å². The van der Waals surface area contributed by atoms with Gasteiger partial charge in [-0.25, -0.2) is 0 Å². The lowest BCUT2D eigenvalue weighted by atomic mass is 10.1. The molecule has 0 aliphatic rings. The maximum absolute atomic E-state index is 12.2. The zero-order chi connectivity index (χ0) is 37.1. The topological polar surface area (TPSA) is 72.8 Å². The van der Waals surface area contributed by atoms with E-state index in [1.54, 1.807) is 0 Å². The lowest BCUT2D eigenvalue weighted by molar-refractivity contribution is -0.161. The van der Waals surface area contributed by atoms with E-state index in [-0.39, 0.29) is 25.2 Å². The number of aliphatic hydroxyl groups excluding tert-OH is 1. The lowest BCUT2D eigenvalue weighted by Gasteiger charge is -2.15. The van der Waals surface area contributed by atoms with Gasteiger partial charge in [-0.05, 0) is 77.0 Å². The molecule has 0 aromatic rings. The van der Waals surface area contributed by atoms with Gasteiger partial charge in [-0.1, -0.05) is 171 Å². The molecule has 0 aliphatic carbocycles. The smallest absolute Gasteiger partial charge is 0.306 e. The van der Waals surface area contributed by atoms with Gasteiger partial charge in [-0.15, -0.1) is 0 Å². The average Bonchev–Trinajstić information content (AvgIpc) is 3.13. The van der Waals surface area contributed by atoms with Gasteiger partial charge < -0.3 is 14.6 Å². The molecule has 294 valence electrons. The van der Waals surface area contributed by atoms with Crippen LogP contribution in [-0.2, 0) is 19.1 Å². The normalized spacial score (nSPS) is 12.8. The minimum atomic E-state index is -0.783. The Morgan fingerprint density at radius 2 is 0.804 bits per heavy atom. The molecular formula is C46H80O5. The highest BCUT2D eigenvalue weighted by Gasteiger charge is 2.16. The number of hydrogen-bond donors (Lipinski definition) is 1. The number of ether oxygens (including phenoxy) is 2. The quantitative estimate of drug-likeness (QED) is 0.0392. The van der Waals surface area contributed by atoms with Gasteiger partial charge in [0.15, 0.2) is 6.10 Å². The van der Waals surface area contributed by atoms with Crippen molar-refractivity contribution >= 4 is 11.9 Å². The van der Waals surface area contributed by atoms with Crippen molar-refractivity contribution < 1.29 is 24.2 Å². The van der Waals surface area contributed by atoms with Gasteiger partial charge in [0.1, 0.15) is 6.61 Å². The second kappa shape index (κ2) is 42.0. The number of esters is 2. The molecule has 0 radical (unpaired) electrons. The van der Waals surface area contributed by atoms with Crippen LogP contribution in [0.2, 0.25) is 0 Å². The molecule has 0 saturated heterocycles. The van der Waals surface area contributed by atoms with Crippen molar-refractivity contribution in [2.24, 2.45) is 0 Å². The van der Waals surface area contributed by atoms with Crippen LogP contribution in [-0.4, -0.2) is 36.4 Å². The van der Waals surface area contributed by atoms with Gasteiger partial charge in [-0.3, -0.25) is 9.59 Å². The van der Waals surface area contributed by atoms with E-state index in [0.717, 1.165) is 64.2 Å². The van der Waals surface area contributed by atoms with E-state index in [2.05, 4.69) is 74.6 Å². The minimum Gasteiger partial charge on any atom is -0.462 e. The van der Waals surface area contributed by atoms with Gasteiger partial charge in [0.2, 0.25) is 0 Å². The Balaban J connectivity index is 3.58. The second-order valence-electron chi connectivity index (χ2n) is 14.1. The van der Waals surface area contributed by atoms with Crippen LogP contribution in [0.5, 0.6) is 0 Å². The van der Waals surface area contributed by atoms with Crippen molar-refractivity contribution in [3.63, 3.8) is 0 Å². The minimum absolute atomic E-state index is 0.0781. The van der Waals surface area contributed by atoms with Gasteiger partial charge in [-0.2, -0.15) is 0 Å². The molecule has 0 bridgehead atoms. The van der Waals surface area contributed by atoms with Gasteiger partial charge >= 0.3 is 11.9 Å². The Morgan fingerprint density at radius 3 is 1.24 bits per heavy atom. The van der Waals surface area contributed by atoms with Crippen molar-refractivity contribution in [3.8, 4) is 0 Å². The molecule has 0 aromatic carbocycles. The molecule has 5 heteroatoms. The largest absolute Gasteiger partial charge is 0.462 e. The van der Waals surface area contributed by atoms with Gasteiger partial charge in [0, 0.05) is 12.8 Å². The molecular weight excluding hydrogens is 633 g/mol. The van der Waals surface area contributed by atoms with E-state index >= 15 is 0 Å². The Morgan fingerprint density at radius 1 is 0.451 bits per heavy atom. The molecule has 0 amide bonds. The Kier molecular flexibility index (Phi) is 40.0. The maximum Gasteiger partial charge on any atom is 0.306 e. The fourth-order valence-corrected chi connectivity index (χ4v) is 5.75. The summed E-state index contributed by atoms with van der Waals surface area (Å²) in [5.74, 6) is -0.617. The van der Waals surface area contributed by atoms with E-state index < -0.39 is 6.10 Å². The third kappa shape index (κ3) is 40.2. The summed E-state index contributed by atoms with van der Waals surface area (Å²) in [5.41, 5.74) is 0. The molecule has 0 spiro atoms. The monoisotopic (exact) mass is 713 g/mol. The first-order chi connectivity index (χ1) is 25.1. The Bertz CT molecular complexity index is 899. The first kappa shape index (κ1) is 48.6. The van der Waals surface area contributed by atoms with Crippen LogP contribution < -0.4 is 0 Å². The standard InChI is InChI=1S/C46H80O5/c1-3-5-7-9-11-13-15-17-19-20-21-22-23-24-25-26-27-29-31-33-35-37-39-41-46(49)51-44(42-47)43-50-45(48)40-38-36-34-32-30-28-18-16-14-12-10-8-6-4-2/h10,12,15-18,20-21,23-24,44,47H,3-9,11,13-14,19,22,25-43H2,1-2H3/b12-10-,17-15-,18-16-,21-20-,24-23-. The average molecular weight is 713 g/mol. The number of carbonyl (C=O) groups excluding carboxylic acids is 2. The number of hydrogen-bond acceptors (Lipinski definition) is 5.